The molecule has 2 aromatic carbocycles. The highest BCUT2D eigenvalue weighted by Gasteiger charge is 2.31. The van der Waals surface area contributed by atoms with Gasteiger partial charge in [-0.1, -0.05) is 60.7 Å². The normalized spacial score (nSPS) is 11.7. The van der Waals surface area contributed by atoms with Crippen molar-refractivity contribution in [3.8, 4) is 0 Å². The van der Waals surface area contributed by atoms with E-state index < -0.39 is 11.8 Å². The Hall–Kier alpha value is -2.46. The highest BCUT2D eigenvalue weighted by molar-refractivity contribution is 6.14. The van der Waals surface area contributed by atoms with Crippen LogP contribution in [0, 0.1) is 0 Å². The van der Waals surface area contributed by atoms with Crippen molar-refractivity contribution in [3.05, 3.63) is 71.8 Å². The zero-order chi connectivity index (χ0) is 15.2. The van der Waals surface area contributed by atoms with Gasteiger partial charge in [-0.05, 0) is 5.56 Å². The van der Waals surface area contributed by atoms with Gasteiger partial charge in [0.05, 0.1) is 7.11 Å². The minimum atomic E-state index is -0.904. The predicted molar refractivity (Wildman–Crippen MR) is 79.7 cm³/mol. The van der Waals surface area contributed by atoms with Crippen molar-refractivity contribution in [2.75, 3.05) is 14.2 Å². The summed E-state index contributed by atoms with van der Waals surface area (Å²) in [7, 11) is 2.89. The van der Waals surface area contributed by atoms with E-state index in [2.05, 4.69) is 0 Å². The number of hydroxylamine groups is 2. The summed E-state index contributed by atoms with van der Waals surface area (Å²) >= 11 is 0. The first-order valence-corrected chi connectivity index (χ1v) is 6.61. The molecule has 108 valence electrons. The Balaban J connectivity index is 2.42. The van der Waals surface area contributed by atoms with Crippen molar-refractivity contribution in [2.24, 2.45) is 0 Å². The quantitative estimate of drug-likeness (QED) is 0.481. The number of ketones is 1. The van der Waals surface area contributed by atoms with Crippen LogP contribution in [0.4, 0.5) is 0 Å². The molecular formula is C17H17NO3. The van der Waals surface area contributed by atoms with E-state index in [4.69, 9.17) is 4.84 Å². The third-order valence-corrected chi connectivity index (χ3v) is 3.28. The summed E-state index contributed by atoms with van der Waals surface area (Å²) in [5.74, 6) is -1.54. The fourth-order valence-electron chi connectivity index (χ4n) is 2.09. The van der Waals surface area contributed by atoms with Gasteiger partial charge >= 0.3 is 0 Å². The van der Waals surface area contributed by atoms with Crippen LogP contribution in [0.3, 0.4) is 0 Å². The molecule has 2 rings (SSSR count). The zero-order valence-corrected chi connectivity index (χ0v) is 12.0. The lowest BCUT2D eigenvalue weighted by molar-refractivity contribution is -0.169. The van der Waals surface area contributed by atoms with Crippen LogP contribution in [-0.4, -0.2) is 30.9 Å². The third-order valence-electron chi connectivity index (χ3n) is 3.28. The number of likely N-dealkylation sites (N-methyl/N-ethyl adjacent to an activating group) is 1. The van der Waals surface area contributed by atoms with Gasteiger partial charge in [-0.2, -0.15) is 0 Å². The van der Waals surface area contributed by atoms with Crippen LogP contribution < -0.4 is 0 Å². The van der Waals surface area contributed by atoms with Crippen molar-refractivity contribution >= 4 is 11.7 Å². The van der Waals surface area contributed by atoms with Gasteiger partial charge in [-0.3, -0.25) is 14.4 Å². The summed E-state index contributed by atoms with van der Waals surface area (Å²) in [5, 5.41) is 1.08. The molecule has 4 heteroatoms. The van der Waals surface area contributed by atoms with E-state index in [0.717, 1.165) is 5.06 Å². The van der Waals surface area contributed by atoms with Gasteiger partial charge in [0.1, 0.15) is 5.92 Å². The molecule has 0 radical (unpaired) electrons. The van der Waals surface area contributed by atoms with E-state index in [1.54, 1.807) is 48.5 Å². The Bertz CT molecular complexity index is 610. The summed E-state index contributed by atoms with van der Waals surface area (Å²) in [5.41, 5.74) is 1.16. The molecule has 0 N–H and O–H groups in total. The van der Waals surface area contributed by atoms with Crippen molar-refractivity contribution in [2.45, 2.75) is 5.92 Å². The van der Waals surface area contributed by atoms with Gasteiger partial charge in [0.25, 0.3) is 5.91 Å². The van der Waals surface area contributed by atoms with Crippen molar-refractivity contribution < 1.29 is 14.4 Å². The zero-order valence-electron chi connectivity index (χ0n) is 12.0. The topological polar surface area (TPSA) is 46.6 Å². The second kappa shape index (κ2) is 6.81. The highest BCUT2D eigenvalue weighted by Crippen LogP contribution is 2.23. The van der Waals surface area contributed by atoms with E-state index in [1.165, 1.54) is 14.2 Å². The lowest BCUT2D eigenvalue weighted by Crippen LogP contribution is -2.35. The molecule has 1 amide bonds. The lowest BCUT2D eigenvalue weighted by atomic mass is 9.90. The van der Waals surface area contributed by atoms with Crippen LogP contribution in [-0.2, 0) is 9.63 Å². The summed E-state index contributed by atoms with van der Waals surface area (Å²) in [6, 6.07) is 17.8. The number of hydrogen-bond acceptors (Lipinski definition) is 3. The maximum absolute atomic E-state index is 12.7. The number of amides is 1. The Morgan fingerprint density at radius 1 is 0.952 bits per heavy atom. The summed E-state index contributed by atoms with van der Waals surface area (Å²) in [6.07, 6.45) is 0. The van der Waals surface area contributed by atoms with E-state index in [-0.39, 0.29) is 5.78 Å². The first-order chi connectivity index (χ1) is 10.1. The first kappa shape index (κ1) is 14.9. The number of carbonyl (C=O) groups is 2. The predicted octanol–water partition coefficient (Wildman–Crippen LogP) is 2.67. The van der Waals surface area contributed by atoms with E-state index >= 15 is 0 Å². The fraction of sp³-hybridized carbons (Fsp3) is 0.176. The SMILES string of the molecule is CON(C)C(=O)C(C(=O)c1ccccc1)c1ccccc1. The van der Waals surface area contributed by atoms with Gasteiger partial charge in [-0.25, -0.2) is 5.06 Å². The standard InChI is InChI=1S/C17H17NO3/c1-18(21-2)17(20)15(13-9-5-3-6-10-13)16(19)14-11-7-4-8-12-14/h3-12,15H,1-2H3. The minimum absolute atomic E-state index is 0.240. The number of benzene rings is 2. The van der Waals surface area contributed by atoms with E-state index in [1.807, 2.05) is 12.1 Å². The van der Waals surface area contributed by atoms with Crippen LogP contribution in [0.25, 0.3) is 0 Å². The molecule has 4 nitrogen and oxygen atoms in total. The molecule has 0 fully saturated rings. The van der Waals surface area contributed by atoms with Crippen LogP contribution in [0.2, 0.25) is 0 Å². The molecule has 0 bridgehead atoms. The molecule has 0 aliphatic heterocycles. The van der Waals surface area contributed by atoms with Gasteiger partial charge in [-0.15, -0.1) is 0 Å². The molecule has 0 saturated carbocycles. The van der Waals surface area contributed by atoms with Crippen molar-refractivity contribution in [1.82, 2.24) is 5.06 Å². The molecule has 21 heavy (non-hydrogen) atoms. The number of rotatable bonds is 5. The van der Waals surface area contributed by atoms with Crippen LogP contribution in [0.1, 0.15) is 21.8 Å². The van der Waals surface area contributed by atoms with E-state index in [9.17, 15) is 9.59 Å². The van der Waals surface area contributed by atoms with Gasteiger partial charge in [0.15, 0.2) is 5.78 Å². The maximum Gasteiger partial charge on any atom is 0.261 e. The molecule has 2 aromatic rings. The molecule has 1 atom stereocenters. The fourth-order valence-corrected chi connectivity index (χ4v) is 2.09. The Kier molecular flexibility index (Phi) is 4.85. The Morgan fingerprint density at radius 3 is 2.00 bits per heavy atom. The number of nitrogens with zero attached hydrogens (tertiary/aromatic N) is 1. The second-order valence-electron chi connectivity index (χ2n) is 4.59. The number of hydrogen-bond donors (Lipinski definition) is 0. The molecule has 0 aromatic heterocycles. The average molecular weight is 283 g/mol. The van der Waals surface area contributed by atoms with Gasteiger partial charge < -0.3 is 0 Å². The maximum atomic E-state index is 12.7. The first-order valence-electron chi connectivity index (χ1n) is 6.61. The Morgan fingerprint density at radius 2 is 1.48 bits per heavy atom. The van der Waals surface area contributed by atoms with Gasteiger partial charge in [0, 0.05) is 12.6 Å². The lowest BCUT2D eigenvalue weighted by Gasteiger charge is -2.21. The monoisotopic (exact) mass is 283 g/mol. The van der Waals surface area contributed by atoms with Crippen molar-refractivity contribution in [1.29, 1.82) is 0 Å². The smallest absolute Gasteiger partial charge is 0.261 e. The average Bonchev–Trinajstić information content (AvgIpc) is 2.56. The largest absolute Gasteiger partial charge is 0.293 e. The molecule has 0 heterocycles. The Labute approximate surface area is 123 Å². The van der Waals surface area contributed by atoms with Gasteiger partial charge in [0.2, 0.25) is 0 Å². The second-order valence-corrected chi connectivity index (χ2v) is 4.59. The highest BCUT2D eigenvalue weighted by atomic mass is 16.7. The molecular weight excluding hydrogens is 266 g/mol. The van der Waals surface area contributed by atoms with Crippen LogP contribution in [0.15, 0.2) is 60.7 Å². The van der Waals surface area contributed by atoms with Crippen LogP contribution in [0.5, 0.6) is 0 Å². The molecule has 0 aliphatic rings. The number of carbonyl (C=O) groups excluding carboxylic acids is 2. The summed E-state index contributed by atoms with van der Waals surface area (Å²) in [6.45, 7) is 0. The van der Waals surface area contributed by atoms with Crippen molar-refractivity contribution in [3.63, 3.8) is 0 Å². The minimum Gasteiger partial charge on any atom is -0.293 e. The number of Topliss-reactive ketones (excluding diaryl/α,β-unsaturated/α-hetero) is 1. The van der Waals surface area contributed by atoms with E-state index in [0.29, 0.717) is 11.1 Å². The molecule has 0 saturated heterocycles. The summed E-state index contributed by atoms with van der Waals surface area (Å²) in [4.78, 5) is 30.1. The molecule has 1 unspecified atom stereocenters. The summed E-state index contributed by atoms with van der Waals surface area (Å²) < 4.78 is 0. The molecule has 0 spiro atoms. The third kappa shape index (κ3) is 3.35. The molecule has 0 aliphatic carbocycles. The van der Waals surface area contributed by atoms with Crippen LogP contribution >= 0.6 is 0 Å².